The van der Waals surface area contributed by atoms with Crippen molar-refractivity contribution in [2.24, 2.45) is 0 Å². The fourth-order valence-electron chi connectivity index (χ4n) is 2.96. The van der Waals surface area contributed by atoms with Gasteiger partial charge in [-0.2, -0.15) is 0 Å². The monoisotopic (exact) mass is 351 g/mol. The summed E-state index contributed by atoms with van der Waals surface area (Å²) >= 11 is 0. The van der Waals surface area contributed by atoms with Crippen LogP contribution in [0.25, 0.3) is 10.8 Å². The first-order valence-electron chi connectivity index (χ1n) is 9.04. The summed E-state index contributed by atoms with van der Waals surface area (Å²) < 4.78 is 8.86. The Labute approximate surface area is 152 Å². The van der Waals surface area contributed by atoms with Crippen molar-refractivity contribution in [3.05, 3.63) is 66.4 Å². The fraction of sp³-hybridized carbons (Fsp3) is 0.364. The van der Waals surface area contributed by atoms with Gasteiger partial charge in [0.25, 0.3) is 8.32 Å². The highest BCUT2D eigenvalue weighted by Gasteiger charge is 2.39. The Morgan fingerprint density at radius 1 is 0.920 bits per heavy atom. The Morgan fingerprint density at radius 3 is 2.32 bits per heavy atom. The Kier molecular flexibility index (Phi) is 4.54. The lowest BCUT2D eigenvalue weighted by Gasteiger charge is -2.37. The standard InChI is InChI=1S/C22H29NOSi/c1-17(19-14-9-12-18-11-7-8-13-20(18)19)23-16-10-15-21(23)24-25(5,6)22(2,3)4/h7-17H,1-6H3. The fourth-order valence-corrected chi connectivity index (χ4v) is 3.97. The van der Waals surface area contributed by atoms with Crippen LogP contribution >= 0.6 is 0 Å². The predicted molar refractivity (Wildman–Crippen MR) is 110 cm³/mol. The molecular weight excluding hydrogens is 322 g/mol. The van der Waals surface area contributed by atoms with Gasteiger partial charge in [0.15, 0.2) is 5.88 Å². The van der Waals surface area contributed by atoms with E-state index in [1.807, 2.05) is 0 Å². The van der Waals surface area contributed by atoms with Gasteiger partial charge in [0.05, 0.1) is 6.04 Å². The molecule has 0 bridgehead atoms. The molecule has 0 N–H and O–H groups in total. The summed E-state index contributed by atoms with van der Waals surface area (Å²) in [5.74, 6) is 0.979. The van der Waals surface area contributed by atoms with Gasteiger partial charge in [-0.1, -0.05) is 63.2 Å². The molecule has 0 amide bonds. The molecular formula is C22H29NOSi. The Bertz CT molecular complexity index is 868. The van der Waals surface area contributed by atoms with Gasteiger partial charge in [-0.3, -0.25) is 0 Å². The summed E-state index contributed by atoms with van der Waals surface area (Å²) in [6.07, 6.45) is 2.13. The van der Waals surface area contributed by atoms with Crippen molar-refractivity contribution < 1.29 is 4.43 Å². The lowest BCUT2D eigenvalue weighted by molar-refractivity contribution is 0.437. The number of aromatic nitrogens is 1. The zero-order valence-electron chi connectivity index (χ0n) is 16.2. The molecule has 0 aliphatic heterocycles. The van der Waals surface area contributed by atoms with Crippen molar-refractivity contribution in [3.63, 3.8) is 0 Å². The zero-order valence-corrected chi connectivity index (χ0v) is 17.2. The average Bonchev–Trinajstić information content (AvgIpc) is 3.00. The number of nitrogens with zero attached hydrogens (tertiary/aromatic N) is 1. The third-order valence-electron chi connectivity index (χ3n) is 5.60. The first-order valence-corrected chi connectivity index (χ1v) is 11.9. The molecule has 3 heteroatoms. The molecule has 132 valence electrons. The second kappa shape index (κ2) is 6.38. The molecule has 0 radical (unpaired) electrons. The predicted octanol–water partition coefficient (Wildman–Crippen LogP) is 6.63. The van der Waals surface area contributed by atoms with E-state index >= 15 is 0 Å². The third kappa shape index (κ3) is 3.38. The molecule has 3 aromatic rings. The van der Waals surface area contributed by atoms with Gasteiger partial charge in [-0.15, -0.1) is 0 Å². The maximum Gasteiger partial charge on any atom is 0.252 e. The van der Waals surface area contributed by atoms with Crippen LogP contribution in [0.15, 0.2) is 60.8 Å². The number of rotatable bonds is 4. The molecule has 1 atom stereocenters. The number of hydrogen-bond donors (Lipinski definition) is 0. The van der Waals surface area contributed by atoms with Crippen LogP contribution in [0.4, 0.5) is 0 Å². The van der Waals surface area contributed by atoms with E-state index in [0.29, 0.717) is 0 Å². The highest BCUT2D eigenvalue weighted by molar-refractivity contribution is 6.74. The van der Waals surface area contributed by atoms with Gasteiger partial charge in [-0.05, 0) is 53.5 Å². The summed E-state index contributed by atoms with van der Waals surface area (Å²) in [4.78, 5) is 0. The topological polar surface area (TPSA) is 14.2 Å². The van der Waals surface area contributed by atoms with Crippen LogP contribution in [0.2, 0.25) is 18.1 Å². The van der Waals surface area contributed by atoms with Crippen LogP contribution in [0, 0.1) is 0 Å². The summed E-state index contributed by atoms with van der Waals surface area (Å²) in [5, 5.41) is 2.78. The third-order valence-corrected chi connectivity index (χ3v) is 9.93. The van der Waals surface area contributed by atoms with E-state index in [4.69, 9.17) is 4.43 Å². The molecule has 2 aromatic carbocycles. The van der Waals surface area contributed by atoms with E-state index < -0.39 is 8.32 Å². The molecule has 1 aromatic heterocycles. The molecule has 0 saturated carbocycles. The van der Waals surface area contributed by atoms with Crippen LogP contribution in [-0.2, 0) is 0 Å². The Morgan fingerprint density at radius 2 is 1.60 bits per heavy atom. The molecule has 0 spiro atoms. The van der Waals surface area contributed by atoms with E-state index in [-0.39, 0.29) is 11.1 Å². The van der Waals surface area contributed by atoms with E-state index in [9.17, 15) is 0 Å². The van der Waals surface area contributed by atoms with E-state index in [1.165, 1.54) is 16.3 Å². The van der Waals surface area contributed by atoms with Crippen molar-refractivity contribution >= 4 is 19.1 Å². The van der Waals surface area contributed by atoms with Gasteiger partial charge in [0, 0.05) is 6.20 Å². The highest BCUT2D eigenvalue weighted by Crippen LogP contribution is 2.38. The summed E-state index contributed by atoms with van der Waals surface area (Å²) in [6, 6.07) is 19.5. The van der Waals surface area contributed by atoms with Crippen LogP contribution in [0.1, 0.15) is 39.3 Å². The summed E-state index contributed by atoms with van der Waals surface area (Å²) in [7, 11) is -1.86. The summed E-state index contributed by atoms with van der Waals surface area (Å²) in [6.45, 7) is 13.7. The van der Waals surface area contributed by atoms with Gasteiger partial charge in [0.1, 0.15) is 0 Å². The molecule has 0 aliphatic carbocycles. The first kappa shape index (κ1) is 17.8. The second-order valence-electron chi connectivity index (χ2n) is 8.36. The van der Waals surface area contributed by atoms with E-state index in [2.05, 4.69) is 106 Å². The maximum absolute atomic E-state index is 6.59. The van der Waals surface area contributed by atoms with Crippen molar-refractivity contribution in [1.82, 2.24) is 4.57 Å². The van der Waals surface area contributed by atoms with Crippen LogP contribution in [-0.4, -0.2) is 12.9 Å². The normalized spacial score (nSPS) is 13.8. The van der Waals surface area contributed by atoms with Gasteiger partial charge in [0.2, 0.25) is 0 Å². The minimum absolute atomic E-state index is 0.185. The van der Waals surface area contributed by atoms with Gasteiger partial charge < -0.3 is 8.99 Å². The molecule has 0 fully saturated rings. The number of benzene rings is 2. The van der Waals surface area contributed by atoms with Crippen molar-refractivity contribution in [1.29, 1.82) is 0 Å². The molecule has 0 saturated heterocycles. The minimum atomic E-state index is -1.86. The van der Waals surface area contributed by atoms with E-state index in [1.54, 1.807) is 0 Å². The number of hydrogen-bond acceptors (Lipinski definition) is 1. The highest BCUT2D eigenvalue weighted by atomic mass is 28.4. The van der Waals surface area contributed by atoms with Crippen molar-refractivity contribution in [3.8, 4) is 5.88 Å². The Balaban J connectivity index is 1.99. The van der Waals surface area contributed by atoms with Gasteiger partial charge >= 0.3 is 0 Å². The molecule has 1 heterocycles. The molecule has 25 heavy (non-hydrogen) atoms. The second-order valence-corrected chi connectivity index (χ2v) is 13.1. The quantitative estimate of drug-likeness (QED) is 0.481. The molecule has 2 nitrogen and oxygen atoms in total. The molecule has 1 unspecified atom stereocenters. The first-order chi connectivity index (χ1) is 11.7. The SMILES string of the molecule is CC(c1cccc2ccccc12)n1cccc1O[Si](C)(C)C(C)(C)C. The molecule has 0 aliphatic rings. The lowest BCUT2D eigenvalue weighted by Crippen LogP contribution is -2.44. The van der Waals surface area contributed by atoms with Gasteiger partial charge in [-0.25, -0.2) is 0 Å². The average molecular weight is 352 g/mol. The zero-order chi connectivity index (χ0) is 18.2. The maximum atomic E-state index is 6.59. The van der Waals surface area contributed by atoms with Crippen molar-refractivity contribution in [2.75, 3.05) is 0 Å². The lowest BCUT2D eigenvalue weighted by atomic mass is 9.99. The van der Waals surface area contributed by atoms with Crippen LogP contribution in [0.5, 0.6) is 5.88 Å². The minimum Gasteiger partial charge on any atom is -0.532 e. The molecule has 3 rings (SSSR count). The van der Waals surface area contributed by atoms with E-state index in [0.717, 1.165) is 5.88 Å². The number of fused-ring (bicyclic) bond motifs is 1. The Hall–Kier alpha value is -2.00. The summed E-state index contributed by atoms with van der Waals surface area (Å²) in [5.41, 5.74) is 1.33. The van der Waals surface area contributed by atoms with Crippen LogP contribution in [0.3, 0.4) is 0 Å². The van der Waals surface area contributed by atoms with Crippen LogP contribution < -0.4 is 4.43 Å². The van der Waals surface area contributed by atoms with Crippen molar-refractivity contribution in [2.45, 2.75) is 51.9 Å². The largest absolute Gasteiger partial charge is 0.532 e. The smallest absolute Gasteiger partial charge is 0.252 e.